The van der Waals surface area contributed by atoms with E-state index in [4.69, 9.17) is 53.8 Å². The fraction of sp³-hybridized carbons (Fsp3) is 0.880. The molecule has 0 saturated heterocycles. The first kappa shape index (κ1) is 35.6. The maximum Gasteiger partial charge on any atom is 0.222 e. The molecule has 0 heterocycles. The van der Waals surface area contributed by atoms with Crippen LogP contribution in [0.2, 0.25) is 0 Å². The van der Waals surface area contributed by atoms with Gasteiger partial charge in [0.25, 0.3) is 0 Å². The normalized spacial score (nSPS) is 11.0. The van der Waals surface area contributed by atoms with Crippen LogP contribution in [0, 0.1) is 12.3 Å². The molecule has 0 aliphatic heterocycles. The molecule has 0 aromatic carbocycles. The third-order valence-corrected chi connectivity index (χ3v) is 4.29. The Kier molecular flexibility index (Phi) is 31.4. The van der Waals surface area contributed by atoms with Crippen LogP contribution in [-0.4, -0.2) is 145 Å². The van der Waals surface area contributed by atoms with Gasteiger partial charge in [-0.15, -0.1) is 6.42 Å². The molecule has 1 amide bonds. The summed E-state index contributed by atoms with van der Waals surface area (Å²) in [6.07, 6.45) is 5.42. The highest BCUT2D eigenvalue weighted by Gasteiger charge is 1.98. The number of carbonyl (C=O) groups excluding carboxylic acids is 1. The van der Waals surface area contributed by atoms with E-state index in [1.165, 1.54) is 0 Å². The lowest BCUT2D eigenvalue weighted by atomic mass is 10.4. The van der Waals surface area contributed by atoms with E-state index in [-0.39, 0.29) is 5.91 Å². The monoisotopic (exact) mass is 537 g/mol. The molecule has 0 radical (unpaired) electrons. The lowest BCUT2D eigenvalue weighted by Gasteiger charge is -2.09. The maximum atomic E-state index is 11.0. The van der Waals surface area contributed by atoms with E-state index >= 15 is 0 Å². The van der Waals surface area contributed by atoms with Crippen LogP contribution >= 0.6 is 0 Å². The Bertz CT molecular complexity index is 506. The molecule has 37 heavy (non-hydrogen) atoms. The summed E-state index contributed by atoms with van der Waals surface area (Å²) in [6.45, 7) is 9.66. The Balaban J connectivity index is 3.03. The fourth-order valence-electron chi connectivity index (χ4n) is 2.40. The third-order valence-electron chi connectivity index (χ3n) is 4.29. The minimum absolute atomic E-state index is 0.0354. The number of carbonyl (C=O) groups is 1. The molecule has 12 nitrogen and oxygen atoms in total. The Morgan fingerprint density at radius 1 is 0.486 bits per heavy atom. The summed E-state index contributed by atoms with van der Waals surface area (Å²) in [5.41, 5.74) is 0. The molecule has 0 aliphatic rings. The van der Waals surface area contributed by atoms with Gasteiger partial charge in [0.2, 0.25) is 5.91 Å². The number of nitrogens with one attached hydrogen (secondary N) is 1. The van der Waals surface area contributed by atoms with Crippen molar-refractivity contribution in [3.8, 4) is 12.3 Å². The summed E-state index contributed by atoms with van der Waals surface area (Å²) in [7, 11) is 1.60. The average molecular weight is 538 g/mol. The number of terminal acetylenes is 1. The first-order valence-electron chi connectivity index (χ1n) is 12.7. The number of ether oxygens (including phenoxy) is 10. The minimum Gasteiger partial charge on any atom is -0.379 e. The molecule has 0 aromatic rings. The van der Waals surface area contributed by atoms with E-state index in [2.05, 4.69) is 11.2 Å². The molecular formula is C25H47NO11. The van der Waals surface area contributed by atoms with Crippen LogP contribution in [0.1, 0.15) is 6.42 Å². The standard InChI is InChI=1S/C25H47NO11/c1-3-5-28-7-9-30-11-13-32-15-17-34-19-21-36-23-24-37-22-20-35-18-16-33-14-12-31-10-8-29-6-4-25(27)26-2/h1H,4-24H2,2H3,(H,26,27). The molecule has 0 atom stereocenters. The van der Waals surface area contributed by atoms with E-state index < -0.39 is 0 Å². The maximum absolute atomic E-state index is 11.0. The molecule has 0 unspecified atom stereocenters. The number of amides is 1. The molecule has 0 aromatic heterocycles. The average Bonchev–Trinajstić information content (AvgIpc) is 2.91. The molecule has 0 aliphatic carbocycles. The zero-order chi connectivity index (χ0) is 26.9. The molecule has 218 valence electrons. The Morgan fingerprint density at radius 3 is 0.973 bits per heavy atom. The number of hydrogen-bond donors (Lipinski definition) is 1. The van der Waals surface area contributed by atoms with Crippen molar-refractivity contribution >= 4 is 5.91 Å². The Morgan fingerprint density at radius 2 is 0.730 bits per heavy atom. The van der Waals surface area contributed by atoms with Gasteiger partial charge in [0.1, 0.15) is 6.61 Å². The third kappa shape index (κ3) is 32.6. The topological polar surface area (TPSA) is 121 Å². The Hall–Kier alpha value is -1.37. The van der Waals surface area contributed by atoms with Gasteiger partial charge in [-0.05, 0) is 0 Å². The molecule has 0 spiro atoms. The summed E-state index contributed by atoms with van der Waals surface area (Å²) in [5.74, 6) is 2.36. The van der Waals surface area contributed by atoms with Crippen molar-refractivity contribution < 1.29 is 52.2 Å². The van der Waals surface area contributed by atoms with Crippen molar-refractivity contribution in [3.63, 3.8) is 0 Å². The summed E-state index contributed by atoms with van der Waals surface area (Å²) in [4.78, 5) is 11.0. The molecule has 1 N–H and O–H groups in total. The summed E-state index contributed by atoms with van der Waals surface area (Å²) in [6, 6.07) is 0. The van der Waals surface area contributed by atoms with E-state index in [9.17, 15) is 4.79 Å². The van der Waals surface area contributed by atoms with Crippen LogP contribution in [-0.2, 0) is 52.2 Å². The van der Waals surface area contributed by atoms with Crippen LogP contribution in [0.25, 0.3) is 0 Å². The quantitative estimate of drug-likeness (QED) is 0.0944. The predicted molar refractivity (Wildman–Crippen MR) is 136 cm³/mol. The van der Waals surface area contributed by atoms with E-state index in [0.717, 1.165) is 0 Å². The minimum atomic E-state index is -0.0354. The van der Waals surface area contributed by atoms with Gasteiger partial charge in [0.05, 0.1) is 126 Å². The van der Waals surface area contributed by atoms with Crippen LogP contribution in [0.15, 0.2) is 0 Å². The molecule has 0 rings (SSSR count). The van der Waals surface area contributed by atoms with Gasteiger partial charge in [0, 0.05) is 13.5 Å². The first-order valence-corrected chi connectivity index (χ1v) is 12.7. The molecular weight excluding hydrogens is 490 g/mol. The van der Waals surface area contributed by atoms with Crippen LogP contribution in [0.4, 0.5) is 0 Å². The highest BCUT2D eigenvalue weighted by molar-refractivity contribution is 5.75. The molecule has 0 saturated carbocycles. The highest BCUT2D eigenvalue weighted by Crippen LogP contribution is 1.87. The van der Waals surface area contributed by atoms with Gasteiger partial charge in [-0.3, -0.25) is 4.79 Å². The summed E-state index contributed by atoms with van der Waals surface area (Å²) < 4.78 is 53.6. The number of hydrogen-bond acceptors (Lipinski definition) is 11. The molecule has 12 heteroatoms. The van der Waals surface area contributed by atoms with Gasteiger partial charge >= 0.3 is 0 Å². The van der Waals surface area contributed by atoms with Crippen molar-refractivity contribution in [1.29, 1.82) is 0 Å². The second kappa shape index (κ2) is 32.7. The first-order chi connectivity index (χ1) is 18.3. The van der Waals surface area contributed by atoms with Crippen molar-refractivity contribution in [3.05, 3.63) is 0 Å². The lowest BCUT2D eigenvalue weighted by molar-refractivity contribution is -0.121. The smallest absolute Gasteiger partial charge is 0.222 e. The zero-order valence-corrected chi connectivity index (χ0v) is 22.4. The van der Waals surface area contributed by atoms with Crippen molar-refractivity contribution in [2.24, 2.45) is 0 Å². The number of rotatable bonds is 31. The lowest BCUT2D eigenvalue weighted by Crippen LogP contribution is -2.20. The summed E-state index contributed by atoms with van der Waals surface area (Å²) in [5, 5.41) is 2.54. The van der Waals surface area contributed by atoms with Crippen LogP contribution < -0.4 is 5.32 Å². The van der Waals surface area contributed by atoms with Gasteiger partial charge in [-0.25, -0.2) is 0 Å². The van der Waals surface area contributed by atoms with Crippen LogP contribution in [0.5, 0.6) is 0 Å². The molecule has 0 fully saturated rings. The second-order valence-electron chi connectivity index (χ2n) is 7.19. The van der Waals surface area contributed by atoms with Gasteiger partial charge < -0.3 is 52.7 Å². The fourth-order valence-corrected chi connectivity index (χ4v) is 2.40. The predicted octanol–water partition coefficient (Wildman–Crippen LogP) is -0.0783. The van der Waals surface area contributed by atoms with Gasteiger partial charge in [0.15, 0.2) is 0 Å². The van der Waals surface area contributed by atoms with Crippen molar-refractivity contribution in [2.45, 2.75) is 6.42 Å². The largest absolute Gasteiger partial charge is 0.379 e. The van der Waals surface area contributed by atoms with E-state index in [1.54, 1.807) is 7.05 Å². The van der Waals surface area contributed by atoms with Crippen molar-refractivity contribution in [1.82, 2.24) is 5.32 Å². The van der Waals surface area contributed by atoms with E-state index in [0.29, 0.717) is 139 Å². The van der Waals surface area contributed by atoms with E-state index in [1.807, 2.05) is 0 Å². The second-order valence-corrected chi connectivity index (χ2v) is 7.19. The SMILES string of the molecule is C#CCOCCOCCOCCOCCOCCOCCOCCOCCOCCOCCC(=O)NC. The highest BCUT2D eigenvalue weighted by atomic mass is 16.6. The Labute approximate surface area is 221 Å². The van der Waals surface area contributed by atoms with Gasteiger partial charge in [-0.2, -0.15) is 0 Å². The summed E-state index contributed by atoms with van der Waals surface area (Å²) >= 11 is 0. The van der Waals surface area contributed by atoms with Crippen LogP contribution in [0.3, 0.4) is 0 Å². The zero-order valence-electron chi connectivity index (χ0n) is 22.4. The van der Waals surface area contributed by atoms with Gasteiger partial charge in [-0.1, -0.05) is 5.92 Å². The van der Waals surface area contributed by atoms with Crippen molar-refractivity contribution in [2.75, 3.05) is 139 Å². The molecule has 0 bridgehead atoms.